The van der Waals surface area contributed by atoms with Gasteiger partial charge in [0.05, 0.1) is 11.8 Å². The van der Waals surface area contributed by atoms with Crippen molar-refractivity contribution in [3.05, 3.63) is 30.1 Å². The number of aromatic nitrogens is 1. The van der Waals surface area contributed by atoms with Gasteiger partial charge in [0.2, 0.25) is 0 Å². The van der Waals surface area contributed by atoms with Gasteiger partial charge in [-0.05, 0) is 12.5 Å². The second-order valence-electron chi connectivity index (χ2n) is 7.22. The molecule has 1 N–H and O–H groups in total. The molecule has 0 aliphatic carbocycles. The molecule has 0 fully saturated rings. The number of pyridine rings is 1. The molecule has 0 saturated carbocycles. The van der Waals surface area contributed by atoms with Gasteiger partial charge >= 0.3 is 0 Å². The Kier molecular flexibility index (Phi) is 14.0. The van der Waals surface area contributed by atoms with Gasteiger partial charge in [0.25, 0.3) is 0 Å². The zero-order valence-electron chi connectivity index (χ0n) is 16.3. The second-order valence-corrected chi connectivity index (χ2v) is 7.22. The average molecular weight is 348 g/mol. The maximum atomic E-state index is 8.58. The summed E-state index contributed by atoms with van der Waals surface area (Å²) in [6.07, 6.45) is 25.1. The van der Waals surface area contributed by atoms with Crippen LogP contribution in [0.4, 0.5) is 0 Å². The molecule has 142 valence electrons. The van der Waals surface area contributed by atoms with Gasteiger partial charge in [-0.25, -0.2) is 4.57 Å². The number of unbranched alkanes of at least 4 members (excludes halogenated alkanes) is 13. The highest BCUT2D eigenvalue weighted by Crippen LogP contribution is 2.12. The SMILES string of the molecule is CCCCCCCCCCCCCCCC[n+]1cccc(C=NO)c1. The summed E-state index contributed by atoms with van der Waals surface area (Å²) in [5.41, 5.74) is 0.940. The van der Waals surface area contributed by atoms with Crippen molar-refractivity contribution >= 4 is 6.21 Å². The average Bonchev–Trinajstić information content (AvgIpc) is 2.63. The van der Waals surface area contributed by atoms with Crippen LogP contribution in [-0.4, -0.2) is 11.4 Å². The number of rotatable bonds is 16. The first-order chi connectivity index (χ1) is 12.4. The van der Waals surface area contributed by atoms with Crippen molar-refractivity contribution < 1.29 is 9.77 Å². The normalized spacial score (nSPS) is 11.4. The van der Waals surface area contributed by atoms with Crippen molar-refractivity contribution in [3.8, 4) is 0 Å². The van der Waals surface area contributed by atoms with Crippen LogP contribution in [-0.2, 0) is 6.54 Å². The van der Waals surface area contributed by atoms with E-state index in [9.17, 15) is 0 Å². The molecule has 0 aromatic carbocycles. The summed E-state index contributed by atoms with van der Waals surface area (Å²) in [5.74, 6) is 0. The van der Waals surface area contributed by atoms with Crippen LogP contribution in [0, 0.1) is 0 Å². The molecule has 0 bridgehead atoms. The zero-order chi connectivity index (χ0) is 18.0. The molecule has 0 aliphatic heterocycles. The molecule has 1 heterocycles. The van der Waals surface area contributed by atoms with Crippen molar-refractivity contribution in [1.82, 2.24) is 0 Å². The third kappa shape index (κ3) is 12.6. The Morgan fingerprint density at radius 1 is 0.840 bits per heavy atom. The van der Waals surface area contributed by atoms with Gasteiger partial charge in [-0.15, -0.1) is 0 Å². The lowest BCUT2D eigenvalue weighted by molar-refractivity contribution is -0.697. The van der Waals surface area contributed by atoms with Gasteiger partial charge in [0, 0.05) is 12.5 Å². The number of aryl methyl sites for hydroxylation is 1. The highest BCUT2D eigenvalue weighted by molar-refractivity contribution is 5.77. The van der Waals surface area contributed by atoms with Crippen LogP contribution in [0.1, 0.15) is 102 Å². The molecule has 1 aromatic heterocycles. The molecule has 25 heavy (non-hydrogen) atoms. The third-order valence-electron chi connectivity index (χ3n) is 4.86. The largest absolute Gasteiger partial charge is 0.411 e. The van der Waals surface area contributed by atoms with Gasteiger partial charge in [0.15, 0.2) is 12.4 Å². The maximum absolute atomic E-state index is 8.58. The van der Waals surface area contributed by atoms with Crippen LogP contribution in [0.3, 0.4) is 0 Å². The van der Waals surface area contributed by atoms with Crippen LogP contribution >= 0.6 is 0 Å². The molecule has 0 atom stereocenters. The fourth-order valence-electron chi connectivity index (χ4n) is 3.31. The number of hydrogen-bond donors (Lipinski definition) is 1. The number of nitrogens with zero attached hydrogens (tertiary/aromatic N) is 2. The van der Waals surface area contributed by atoms with Gasteiger partial charge in [-0.2, -0.15) is 0 Å². The smallest absolute Gasteiger partial charge is 0.177 e. The quantitative estimate of drug-likeness (QED) is 0.124. The van der Waals surface area contributed by atoms with E-state index in [1.54, 1.807) is 0 Å². The Morgan fingerprint density at radius 3 is 1.88 bits per heavy atom. The molecule has 0 aliphatic rings. The monoisotopic (exact) mass is 347 g/mol. The lowest BCUT2D eigenvalue weighted by Gasteiger charge is -2.03. The summed E-state index contributed by atoms with van der Waals surface area (Å²) < 4.78 is 2.18. The van der Waals surface area contributed by atoms with Crippen molar-refractivity contribution in [2.45, 2.75) is 103 Å². The fraction of sp³-hybridized carbons (Fsp3) is 0.727. The predicted octanol–water partition coefficient (Wildman–Crippen LogP) is 6.26. The van der Waals surface area contributed by atoms with E-state index < -0.39 is 0 Å². The Hall–Kier alpha value is -1.38. The molecule has 0 unspecified atom stereocenters. The molecular weight excluding hydrogens is 308 g/mol. The zero-order valence-corrected chi connectivity index (χ0v) is 16.3. The lowest BCUT2D eigenvalue weighted by Crippen LogP contribution is -2.33. The van der Waals surface area contributed by atoms with Gasteiger partial charge in [0.1, 0.15) is 6.54 Å². The summed E-state index contributed by atoms with van der Waals surface area (Å²) in [7, 11) is 0. The molecule has 1 aromatic rings. The Bertz CT molecular complexity index is 445. The highest BCUT2D eigenvalue weighted by atomic mass is 16.4. The lowest BCUT2D eigenvalue weighted by atomic mass is 10.0. The Morgan fingerprint density at radius 2 is 1.36 bits per heavy atom. The standard InChI is InChI=1S/C22H38N2O/c1-2-3-4-5-6-7-8-9-10-11-12-13-14-15-18-24-19-16-17-22(21-24)20-23-25/h16-17,19-21H,2-15,18H2,1H3/p+1. The molecule has 0 saturated heterocycles. The topological polar surface area (TPSA) is 36.5 Å². The fourth-order valence-corrected chi connectivity index (χ4v) is 3.31. The summed E-state index contributed by atoms with van der Waals surface area (Å²) in [5, 5.41) is 11.7. The predicted molar refractivity (Wildman–Crippen MR) is 106 cm³/mol. The summed E-state index contributed by atoms with van der Waals surface area (Å²) in [4.78, 5) is 0. The Balaban J connectivity index is 1.87. The molecule has 0 radical (unpaired) electrons. The maximum Gasteiger partial charge on any atom is 0.177 e. The van der Waals surface area contributed by atoms with Crippen LogP contribution in [0.2, 0.25) is 0 Å². The van der Waals surface area contributed by atoms with E-state index in [4.69, 9.17) is 5.21 Å². The van der Waals surface area contributed by atoms with Gasteiger partial charge < -0.3 is 5.21 Å². The van der Waals surface area contributed by atoms with E-state index in [0.717, 1.165) is 12.1 Å². The minimum absolute atomic E-state index is 0.940. The van der Waals surface area contributed by atoms with E-state index in [2.05, 4.69) is 22.8 Å². The molecule has 0 spiro atoms. The summed E-state index contributed by atoms with van der Waals surface area (Å²) >= 11 is 0. The minimum Gasteiger partial charge on any atom is -0.411 e. The van der Waals surface area contributed by atoms with E-state index in [1.807, 2.05) is 18.3 Å². The van der Waals surface area contributed by atoms with E-state index >= 15 is 0 Å². The minimum atomic E-state index is 0.940. The molecule has 3 heteroatoms. The number of oxime groups is 1. The van der Waals surface area contributed by atoms with Gasteiger partial charge in [-0.3, -0.25) is 0 Å². The third-order valence-corrected chi connectivity index (χ3v) is 4.86. The summed E-state index contributed by atoms with van der Waals surface area (Å²) in [6.45, 7) is 3.33. The van der Waals surface area contributed by atoms with Crippen LogP contribution in [0.15, 0.2) is 29.7 Å². The van der Waals surface area contributed by atoms with E-state index in [-0.39, 0.29) is 0 Å². The van der Waals surface area contributed by atoms with Crippen molar-refractivity contribution in [2.75, 3.05) is 0 Å². The molecule has 1 rings (SSSR count). The molecule has 3 nitrogen and oxygen atoms in total. The van der Waals surface area contributed by atoms with Crippen LogP contribution in [0.5, 0.6) is 0 Å². The molecular formula is C22H39N2O+. The van der Waals surface area contributed by atoms with Crippen molar-refractivity contribution in [1.29, 1.82) is 0 Å². The Labute approximate surface area is 155 Å². The van der Waals surface area contributed by atoms with E-state index in [0.29, 0.717) is 0 Å². The van der Waals surface area contributed by atoms with Crippen LogP contribution in [0.25, 0.3) is 0 Å². The highest BCUT2D eigenvalue weighted by Gasteiger charge is 2.01. The second kappa shape index (κ2) is 16.1. The van der Waals surface area contributed by atoms with Crippen molar-refractivity contribution in [2.24, 2.45) is 5.16 Å². The van der Waals surface area contributed by atoms with E-state index in [1.165, 1.54) is 96.1 Å². The van der Waals surface area contributed by atoms with Crippen LogP contribution < -0.4 is 4.57 Å². The first kappa shape index (κ1) is 21.7. The van der Waals surface area contributed by atoms with Gasteiger partial charge in [-0.1, -0.05) is 89.1 Å². The first-order valence-corrected chi connectivity index (χ1v) is 10.5. The molecule has 0 amide bonds. The number of hydrogen-bond acceptors (Lipinski definition) is 2. The first-order valence-electron chi connectivity index (χ1n) is 10.5. The summed E-state index contributed by atoms with van der Waals surface area (Å²) in [6, 6.07) is 3.95. The van der Waals surface area contributed by atoms with Crippen molar-refractivity contribution in [3.63, 3.8) is 0 Å².